The van der Waals surface area contributed by atoms with Gasteiger partial charge in [0, 0.05) is 19.8 Å². The van der Waals surface area contributed by atoms with Crippen molar-refractivity contribution < 1.29 is 9.53 Å². The van der Waals surface area contributed by atoms with E-state index < -0.39 is 17.2 Å². The van der Waals surface area contributed by atoms with Gasteiger partial charge in [0.25, 0.3) is 5.56 Å². The van der Waals surface area contributed by atoms with Crippen molar-refractivity contribution in [1.82, 2.24) is 14.1 Å². The summed E-state index contributed by atoms with van der Waals surface area (Å²) in [7, 11) is 2.89. The molecule has 2 aromatic rings. The fourth-order valence-corrected chi connectivity index (χ4v) is 2.24. The lowest BCUT2D eigenvalue weighted by atomic mass is 10.0. The number of esters is 1. The fourth-order valence-electron chi connectivity index (χ4n) is 2.24. The van der Waals surface area contributed by atoms with Crippen LogP contribution in [0.2, 0.25) is 0 Å². The van der Waals surface area contributed by atoms with Crippen molar-refractivity contribution in [1.29, 1.82) is 0 Å². The highest BCUT2D eigenvalue weighted by Gasteiger charge is 2.21. The van der Waals surface area contributed by atoms with Crippen molar-refractivity contribution in [2.45, 2.75) is 26.7 Å². The fraction of sp³-hybridized carbons (Fsp3) is 0.467. The molecule has 118 valence electrons. The number of hydrogen-bond donors (Lipinski definition) is 0. The van der Waals surface area contributed by atoms with Crippen LogP contribution in [0.4, 0.5) is 0 Å². The second kappa shape index (κ2) is 5.75. The third-order valence-corrected chi connectivity index (χ3v) is 3.52. The molecule has 0 amide bonds. The maximum Gasteiger partial charge on any atom is 0.339 e. The minimum absolute atomic E-state index is 0.0386. The Labute approximate surface area is 127 Å². The molecule has 0 spiro atoms. The molecule has 0 saturated heterocycles. The lowest BCUT2D eigenvalue weighted by Gasteiger charge is -2.13. The summed E-state index contributed by atoms with van der Waals surface area (Å²) >= 11 is 0. The van der Waals surface area contributed by atoms with Gasteiger partial charge in [0.2, 0.25) is 0 Å². The first kappa shape index (κ1) is 15.9. The van der Waals surface area contributed by atoms with Gasteiger partial charge in [0.1, 0.15) is 5.65 Å². The van der Waals surface area contributed by atoms with Crippen molar-refractivity contribution >= 4 is 17.0 Å². The smallest absolute Gasteiger partial charge is 0.339 e. The Balaban J connectivity index is 3.01. The third-order valence-electron chi connectivity index (χ3n) is 3.52. The molecule has 2 heterocycles. The second-order valence-corrected chi connectivity index (χ2v) is 5.37. The quantitative estimate of drug-likeness (QED) is 0.788. The summed E-state index contributed by atoms with van der Waals surface area (Å²) in [5.41, 5.74) is -0.0717. The summed E-state index contributed by atoms with van der Waals surface area (Å²) in [6.45, 7) is 5.73. The average Bonchev–Trinajstić information content (AvgIpc) is 2.49. The highest BCUT2D eigenvalue weighted by Crippen LogP contribution is 2.20. The summed E-state index contributed by atoms with van der Waals surface area (Å²) < 4.78 is 7.26. The molecule has 0 atom stereocenters. The first-order chi connectivity index (χ1) is 10.3. The van der Waals surface area contributed by atoms with Gasteiger partial charge in [0.05, 0.1) is 17.6 Å². The molecule has 0 aliphatic carbocycles. The zero-order chi connectivity index (χ0) is 16.6. The maximum atomic E-state index is 12.4. The number of aryl methyl sites for hydroxylation is 1. The molecule has 7 heteroatoms. The van der Waals surface area contributed by atoms with Gasteiger partial charge in [0.15, 0.2) is 0 Å². The predicted octanol–water partition coefficient (Wildman–Crippen LogP) is 0.932. The van der Waals surface area contributed by atoms with Crippen molar-refractivity contribution in [2.24, 2.45) is 14.1 Å². The SMILES string of the molecule is CCOC(=O)c1cc(C(C)C)nc2c1c(=O)n(C)c(=O)n2C. The van der Waals surface area contributed by atoms with Crippen LogP contribution in [0.1, 0.15) is 42.7 Å². The Kier molecular flexibility index (Phi) is 4.16. The van der Waals surface area contributed by atoms with Crippen LogP contribution in [0, 0.1) is 0 Å². The monoisotopic (exact) mass is 305 g/mol. The Morgan fingerprint density at radius 3 is 2.45 bits per heavy atom. The van der Waals surface area contributed by atoms with E-state index in [0.29, 0.717) is 5.69 Å². The minimum atomic E-state index is -0.590. The number of carbonyl (C=O) groups excluding carboxylic acids is 1. The number of carbonyl (C=O) groups is 1. The van der Waals surface area contributed by atoms with Crippen LogP contribution < -0.4 is 11.2 Å². The van der Waals surface area contributed by atoms with E-state index >= 15 is 0 Å². The Morgan fingerprint density at radius 2 is 1.91 bits per heavy atom. The normalized spacial score (nSPS) is 11.2. The molecular weight excluding hydrogens is 286 g/mol. The predicted molar refractivity (Wildman–Crippen MR) is 82.3 cm³/mol. The summed E-state index contributed by atoms with van der Waals surface area (Å²) in [5.74, 6) is -0.552. The molecular formula is C15H19N3O4. The minimum Gasteiger partial charge on any atom is -0.462 e. The molecule has 2 rings (SSSR count). The number of nitrogens with zero attached hydrogens (tertiary/aromatic N) is 3. The number of aromatic nitrogens is 3. The van der Waals surface area contributed by atoms with Crippen LogP contribution >= 0.6 is 0 Å². The molecule has 22 heavy (non-hydrogen) atoms. The number of pyridine rings is 1. The van der Waals surface area contributed by atoms with Crippen molar-refractivity contribution in [3.05, 3.63) is 38.2 Å². The summed E-state index contributed by atoms with van der Waals surface area (Å²) in [4.78, 5) is 41.1. The lowest BCUT2D eigenvalue weighted by molar-refractivity contribution is 0.0528. The standard InChI is InChI=1S/C15H19N3O4/c1-6-22-14(20)9-7-10(8(2)3)16-12-11(9)13(19)18(5)15(21)17(12)4/h7-8H,6H2,1-5H3. The van der Waals surface area contributed by atoms with E-state index in [2.05, 4.69) is 4.98 Å². The Hall–Kier alpha value is -2.44. The first-order valence-electron chi connectivity index (χ1n) is 7.07. The van der Waals surface area contributed by atoms with Gasteiger partial charge in [-0.15, -0.1) is 0 Å². The van der Waals surface area contributed by atoms with E-state index in [-0.39, 0.29) is 29.1 Å². The zero-order valence-electron chi connectivity index (χ0n) is 13.3. The number of rotatable bonds is 3. The van der Waals surface area contributed by atoms with Crippen molar-refractivity contribution in [3.63, 3.8) is 0 Å². The van der Waals surface area contributed by atoms with Crippen LogP contribution in [0.5, 0.6) is 0 Å². The summed E-state index contributed by atoms with van der Waals surface area (Å²) in [6.07, 6.45) is 0. The molecule has 2 aromatic heterocycles. The van der Waals surface area contributed by atoms with E-state index in [0.717, 1.165) is 4.57 Å². The first-order valence-corrected chi connectivity index (χ1v) is 7.07. The average molecular weight is 305 g/mol. The van der Waals surface area contributed by atoms with Crippen molar-refractivity contribution in [3.8, 4) is 0 Å². The van der Waals surface area contributed by atoms with E-state index in [1.807, 2.05) is 13.8 Å². The lowest BCUT2D eigenvalue weighted by Crippen LogP contribution is -2.38. The molecule has 0 fully saturated rings. The van der Waals surface area contributed by atoms with E-state index in [1.54, 1.807) is 13.0 Å². The van der Waals surface area contributed by atoms with Crippen molar-refractivity contribution in [2.75, 3.05) is 6.61 Å². The van der Waals surface area contributed by atoms with E-state index in [1.165, 1.54) is 18.7 Å². The molecule has 0 radical (unpaired) electrons. The zero-order valence-corrected chi connectivity index (χ0v) is 13.3. The van der Waals surface area contributed by atoms with Gasteiger partial charge in [-0.1, -0.05) is 13.8 Å². The topological polar surface area (TPSA) is 83.2 Å². The molecule has 0 aromatic carbocycles. The molecule has 7 nitrogen and oxygen atoms in total. The molecule has 0 aliphatic rings. The third kappa shape index (κ3) is 2.43. The number of ether oxygens (including phenoxy) is 1. The Morgan fingerprint density at radius 1 is 1.27 bits per heavy atom. The van der Waals surface area contributed by atoms with E-state index in [9.17, 15) is 14.4 Å². The molecule has 0 aliphatic heterocycles. The van der Waals surface area contributed by atoms with Crippen LogP contribution in [0.15, 0.2) is 15.7 Å². The Bertz CT molecular complexity index is 862. The van der Waals surface area contributed by atoms with Gasteiger partial charge in [-0.05, 0) is 18.9 Å². The maximum absolute atomic E-state index is 12.4. The van der Waals surface area contributed by atoms with E-state index in [4.69, 9.17) is 4.74 Å². The second-order valence-electron chi connectivity index (χ2n) is 5.37. The number of fused-ring (bicyclic) bond motifs is 1. The van der Waals surface area contributed by atoms with Crippen LogP contribution in [-0.2, 0) is 18.8 Å². The summed E-state index contributed by atoms with van der Waals surface area (Å²) in [6, 6.07) is 1.57. The van der Waals surface area contributed by atoms with Gasteiger partial charge in [-0.3, -0.25) is 13.9 Å². The van der Waals surface area contributed by atoms with Crippen LogP contribution in [0.25, 0.3) is 11.0 Å². The van der Waals surface area contributed by atoms with Gasteiger partial charge in [-0.2, -0.15) is 0 Å². The molecule has 0 saturated carbocycles. The summed E-state index contributed by atoms with van der Waals surface area (Å²) in [5, 5.41) is 0.104. The largest absolute Gasteiger partial charge is 0.462 e. The number of hydrogen-bond acceptors (Lipinski definition) is 5. The molecule has 0 bridgehead atoms. The molecule has 0 N–H and O–H groups in total. The molecule has 0 unspecified atom stereocenters. The van der Waals surface area contributed by atoms with Gasteiger partial charge < -0.3 is 4.74 Å². The highest BCUT2D eigenvalue weighted by atomic mass is 16.5. The van der Waals surface area contributed by atoms with Crippen LogP contribution in [0.3, 0.4) is 0 Å². The van der Waals surface area contributed by atoms with Gasteiger partial charge in [-0.25, -0.2) is 14.6 Å². The highest BCUT2D eigenvalue weighted by molar-refractivity contribution is 6.02. The van der Waals surface area contributed by atoms with Gasteiger partial charge >= 0.3 is 11.7 Å². The van der Waals surface area contributed by atoms with Crippen LogP contribution in [-0.4, -0.2) is 26.7 Å².